The summed E-state index contributed by atoms with van der Waals surface area (Å²) >= 11 is 0. The second-order valence-corrected chi connectivity index (χ2v) is 8.79. The Morgan fingerprint density at radius 1 is 1.00 bits per heavy atom. The Balaban J connectivity index is 2.22. The van der Waals surface area contributed by atoms with E-state index in [4.69, 9.17) is 0 Å². The van der Waals surface area contributed by atoms with Crippen LogP contribution in [0.5, 0.6) is 0 Å². The van der Waals surface area contributed by atoms with Crippen LogP contribution >= 0.6 is 0 Å². The molecule has 23 heavy (non-hydrogen) atoms. The second-order valence-electron chi connectivity index (χ2n) is 8.79. The molecule has 2 aliphatic rings. The highest BCUT2D eigenvalue weighted by Gasteiger charge is 2.36. The highest BCUT2D eigenvalue weighted by atomic mass is 15.2. The Morgan fingerprint density at radius 2 is 1.65 bits per heavy atom. The molecule has 0 N–H and O–H groups in total. The molecular weight excluding hydrogens is 280 g/mol. The molecule has 2 heteroatoms. The molecule has 0 saturated carbocycles. The Kier molecular flexibility index (Phi) is 6.35. The van der Waals surface area contributed by atoms with E-state index in [1.807, 2.05) is 0 Å². The number of hydrogen-bond donors (Lipinski definition) is 0. The normalized spacial score (nSPS) is 35.7. The molecule has 1 saturated heterocycles. The van der Waals surface area contributed by atoms with E-state index in [0.29, 0.717) is 30.0 Å². The van der Waals surface area contributed by atoms with Crippen molar-refractivity contribution >= 4 is 0 Å². The summed E-state index contributed by atoms with van der Waals surface area (Å²) in [6, 6.07) is 2.59. The summed E-state index contributed by atoms with van der Waals surface area (Å²) in [5.74, 6) is 2.15. The van der Waals surface area contributed by atoms with Gasteiger partial charge in [-0.15, -0.1) is 0 Å². The predicted molar refractivity (Wildman–Crippen MR) is 102 cm³/mol. The van der Waals surface area contributed by atoms with Gasteiger partial charge in [0.2, 0.25) is 0 Å². The van der Waals surface area contributed by atoms with Gasteiger partial charge in [-0.05, 0) is 65.8 Å². The molecule has 2 nitrogen and oxygen atoms in total. The van der Waals surface area contributed by atoms with Gasteiger partial charge in [0.05, 0.1) is 0 Å². The van der Waals surface area contributed by atoms with Gasteiger partial charge in [-0.3, -0.25) is 9.80 Å². The van der Waals surface area contributed by atoms with Crippen molar-refractivity contribution in [2.45, 2.75) is 92.4 Å². The lowest BCUT2D eigenvalue weighted by atomic mass is 9.82. The predicted octanol–water partition coefficient (Wildman–Crippen LogP) is 4.81. The van der Waals surface area contributed by atoms with E-state index in [0.717, 1.165) is 12.0 Å². The average molecular weight is 321 g/mol. The highest BCUT2D eigenvalue weighted by Crippen LogP contribution is 2.33. The fraction of sp³-hybridized carbons (Fsp3) is 0.905. The van der Waals surface area contributed by atoms with Crippen LogP contribution in [0.4, 0.5) is 0 Å². The molecule has 134 valence electrons. The van der Waals surface area contributed by atoms with E-state index in [1.54, 1.807) is 5.57 Å². The minimum absolute atomic E-state index is 0.594. The molecule has 0 amide bonds. The van der Waals surface area contributed by atoms with Gasteiger partial charge in [0.25, 0.3) is 0 Å². The zero-order valence-electron chi connectivity index (χ0n) is 16.8. The molecule has 0 aliphatic carbocycles. The first-order valence-corrected chi connectivity index (χ1v) is 9.97. The van der Waals surface area contributed by atoms with Crippen LogP contribution in [-0.2, 0) is 0 Å². The fourth-order valence-electron chi connectivity index (χ4n) is 4.84. The van der Waals surface area contributed by atoms with E-state index in [9.17, 15) is 0 Å². The highest BCUT2D eigenvalue weighted by molar-refractivity contribution is 5.19. The first kappa shape index (κ1) is 19.0. The maximum Gasteiger partial charge on any atom is 0.0284 e. The van der Waals surface area contributed by atoms with Crippen LogP contribution in [0.2, 0.25) is 0 Å². The molecule has 0 bridgehead atoms. The van der Waals surface area contributed by atoms with Crippen molar-refractivity contribution in [2.75, 3.05) is 13.1 Å². The maximum absolute atomic E-state index is 2.79. The molecular formula is C21H40N2. The van der Waals surface area contributed by atoms with E-state index in [1.165, 1.54) is 25.9 Å². The minimum atomic E-state index is 0.594. The number of likely N-dealkylation sites (tertiary alicyclic amines) is 1. The lowest BCUT2D eigenvalue weighted by Gasteiger charge is -2.48. The van der Waals surface area contributed by atoms with Crippen molar-refractivity contribution in [3.8, 4) is 0 Å². The zero-order valence-corrected chi connectivity index (χ0v) is 16.8. The van der Waals surface area contributed by atoms with Crippen molar-refractivity contribution < 1.29 is 0 Å². The Labute approximate surface area is 145 Å². The van der Waals surface area contributed by atoms with Gasteiger partial charge < -0.3 is 0 Å². The fourth-order valence-corrected chi connectivity index (χ4v) is 4.84. The van der Waals surface area contributed by atoms with Gasteiger partial charge in [-0.1, -0.05) is 32.4 Å². The quantitative estimate of drug-likeness (QED) is 0.686. The molecule has 0 radical (unpaired) electrons. The Hall–Kier alpha value is -0.340. The largest absolute Gasteiger partial charge is 0.297 e. The maximum atomic E-state index is 2.79. The second kappa shape index (κ2) is 7.70. The Morgan fingerprint density at radius 3 is 2.22 bits per heavy atom. The summed E-state index contributed by atoms with van der Waals surface area (Å²) in [7, 11) is 0. The van der Waals surface area contributed by atoms with Crippen molar-refractivity contribution in [3.05, 3.63) is 11.6 Å². The van der Waals surface area contributed by atoms with Crippen molar-refractivity contribution in [2.24, 2.45) is 17.8 Å². The Bertz CT molecular complexity index is 412. The first-order valence-electron chi connectivity index (χ1n) is 9.97. The third kappa shape index (κ3) is 4.02. The molecule has 0 aromatic heterocycles. The summed E-state index contributed by atoms with van der Waals surface area (Å²) in [5, 5.41) is 0. The molecule has 2 heterocycles. The summed E-state index contributed by atoms with van der Waals surface area (Å²) in [4.78, 5) is 5.51. The van der Waals surface area contributed by atoms with Crippen LogP contribution < -0.4 is 0 Å². The van der Waals surface area contributed by atoms with Crippen molar-refractivity contribution in [1.82, 2.24) is 9.80 Å². The minimum Gasteiger partial charge on any atom is -0.297 e. The third-order valence-corrected chi connectivity index (χ3v) is 6.70. The van der Waals surface area contributed by atoms with Gasteiger partial charge in [0, 0.05) is 36.6 Å². The smallest absolute Gasteiger partial charge is 0.0284 e. The summed E-state index contributed by atoms with van der Waals surface area (Å²) in [6.45, 7) is 21.7. The van der Waals surface area contributed by atoms with Crippen molar-refractivity contribution in [1.29, 1.82) is 0 Å². The number of rotatable bonds is 4. The molecule has 0 aromatic rings. The van der Waals surface area contributed by atoms with Crippen LogP contribution in [0, 0.1) is 17.8 Å². The molecule has 0 aromatic carbocycles. The molecule has 2 aliphatic heterocycles. The number of piperidine rings is 1. The van der Waals surface area contributed by atoms with Crippen LogP contribution in [0.3, 0.4) is 0 Å². The molecule has 2 rings (SSSR count). The van der Waals surface area contributed by atoms with Crippen LogP contribution in [0.25, 0.3) is 0 Å². The van der Waals surface area contributed by atoms with E-state index in [2.05, 4.69) is 71.3 Å². The molecule has 2 unspecified atom stereocenters. The summed E-state index contributed by atoms with van der Waals surface area (Å²) in [5.41, 5.74) is 1.65. The van der Waals surface area contributed by atoms with Crippen molar-refractivity contribution in [3.63, 3.8) is 0 Å². The van der Waals surface area contributed by atoms with E-state index < -0.39 is 0 Å². The first-order chi connectivity index (χ1) is 10.7. The molecule has 1 fully saturated rings. The van der Waals surface area contributed by atoms with Gasteiger partial charge in [0.15, 0.2) is 0 Å². The lowest BCUT2D eigenvalue weighted by molar-refractivity contribution is 0.0364. The number of hydrogen-bond acceptors (Lipinski definition) is 2. The van der Waals surface area contributed by atoms with Crippen LogP contribution in [0.15, 0.2) is 11.6 Å². The SMILES string of the molecule is CC(C)C1=CC(C(C)N2CCC[C@H](C)[C@@H]2C)CN(C(C)C)[C@H]1C. The average Bonchev–Trinajstić information content (AvgIpc) is 2.49. The summed E-state index contributed by atoms with van der Waals surface area (Å²) in [6.07, 6.45) is 5.41. The lowest BCUT2D eigenvalue weighted by Crippen LogP contribution is -2.54. The van der Waals surface area contributed by atoms with E-state index in [-0.39, 0.29) is 0 Å². The third-order valence-electron chi connectivity index (χ3n) is 6.70. The standard InChI is InChI=1S/C21H40N2/c1-14(2)21-12-20(13-23(15(3)4)19(21)8)18(7)22-11-9-10-16(5)17(22)6/h12,14-20H,9-11,13H2,1-8H3/t16-,17-,18?,19-,20?/m0/s1. The van der Waals surface area contributed by atoms with Gasteiger partial charge >= 0.3 is 0 Å². The van der Waals surface area contributed by atoms with Crippen LogP contribution in [0.1, 0.15) is 68.2 Å². The van der Waals surface area contributed by atoms with E-state index >= 15 is 0 Å². The van der Waals surface area contributed by atoms with Gasteiger partial charge in [-0.25, -0.2) is 0 Å². The zero-order chi connectivity index (χ0) is 17.3. The topological polar surface area (TPSA) is 6.48 Å². The van der Waals surface area contributed by atoms with Gasteiger partial charge in [0.1, 0.15) is 0 Å². The van der Waals surface area contributed by atoms with Gasteiger partial charge in [-0.2, -0.15) is 0 Å². The van der Waals surface area contributed by atoms with Crippen LogP contribution in [-0.4, -0.2) is 47.1 Å². The molecule has 5 atom stereocenters. The summed E-state index contributed by atoms with van der Waals surface area (Å²) < 4.78 is 0. The number of nitrogens with zero attached hydrogens (tertiary/aromatic N) is 2. The molecule has 0 spiro atoms. The monoisotopic (exact) mass is 320 g/mol.